The lowest BCUT2D eigenvalue weighted by atomic mass is 10.0. The summed E-state index contributed by atoms with van der Waals surface area (Å²) in [6.07, 6.45) is 0.708. The Morgan fingerprint density at radius 1 is 0.778 bits per heavy atom. The summed E-state index contributed by atoms with van der Waals surface area (Å²) in [4.78, 5) is 5.83. The molecule has 0 radical (unpaired) electrons. The molecule has 1 N–H and O–H groups in total. The molecule has 0 aliphatic rings. The monoisotopic (exact) mass is 356 g/mol. The largest absolute Gasteiger partial charge is 0.395 e. The molecule has 0 heterocycles. The summed E-state index contributed by atoms with van der Waals surface area (Å²) < 4.78 is 0. The maximum atomic E-state index is 10.1. The third-order valence-electron chi connectivity index (χ3n) is 4.70. The van der Waals surface area contributed by atoms with Gasteiger partial charge in [0.25, 0.3) is 0 Å². The fourth-order valence-electron chi connectivity index (χ4n) is 3.28. The first kappa shape index (κ1) is 18.8. The van der Waals surface area contributed by atoms with E-state index in [2.05, 4.69) is 34.0 Å². The summed E-state index contributed by atoms with van der Waals surface area (Å²) >= 11 is 0. The molecule has 3 nitrogen and oxygen atoms in total. The second kappa shape index (κ2) is 9.68. The molecule has 27 heavy (non-hydrogen) atoms. The highest BCUT2D eigenvalue weighted by atomic mass is 16.3. The van der Waals surface area contributed by atoms with Gasteiger partial charge >= 0.3 is 0 Å². The highest BCUT2D eigenvalue weighted by molar-refractivity contribution is 5.46. The van der Waals surface area contributed by atoms with Crippen molar-refractivity contribution in [3.63, 3.8) is 0 Å². The topological polar surface area (TPSA) is 27.8 Å². The number of hydrogen-bond donors (Lipinski definition) is 1. The number of benzene rings is 3. The first-order chi connectivity index (χ1) is 13.3. The number of hydrogen-bond acceptors (Lipinski definition) is 2. The Hall–Kier alpha value is -2.93. The van der Waals surface area contributed by atoms with E-state index in [9.17, 15) is 5.11 Å². The van der Waals surface area contributed by atoms with Gasteiger partial charge in [0.2, 0.25) is 0 Å². The second-order valence-electron chi connectivity index (χ2n) is 6.70. The molecule has 0 saturated carbocycles. The highest BCUT2D eigenvalue weighted by Gasteiger charge is 2.19. The van der Waals surface area contributed by atoms with E-state index in [4.69, 9.17) is 6.57 Å². The van der Waals surface area contributed by atoms with Gasteiger partial charge in [0.15, 0.2) is 5.69 Å². The van der Waals surface area contributed by atoms with Crippen molar-refractivity contribution in [1.82, 2.24) is 4.90 Å². The first-order valence-electron chi connectivity index (χ1n) is 9.17. The van der Waals surface area contributed by atoms with Crippen LogP contribution in [0.4, 0.5) is 5.69 Å². The third-order valence-corrected chi connectivity index (χ3v) is 4.70. The fraction of sp³-hybridized carbons (Fsp3) is 0.208. The minimum absolute atomic E-state index is 0.0219. The molecule has 0 aliphatic carbocycles. The minimum atomic E-state index is -0.0219. The van der Waals surface area contributed by atoms with Gasteiger partial charge in [-0.25, -0.2) is 4.85 Å². The molecular weight excluding hydrogens is 332 g/mol. The van der Waals surface area contributed by atoms with E-state index in [-0.39, 0.29) is 12.6 Å². The molecule has 3 aromatic carbocycles. The van der Waals surface area contributed by atoms with Crippen molar-refractivity contribution in [2.45, 2.75) is 25.6 Å². The Morgan fingerprint density at radius 3 is 1.85 bits per heavy atom. The van der Waals surface area contributed by atoms with Gasteiger partial charge in [0.05, 0.1) is 13.2 Å². The highest BCUT2D eigenvalue weighted by Crippen LogP contribution is 2.20. The van der Waals surface area contributed by atoms with Crippen LogP contribution in [0.3, 0.4) is 0 Å². The Kier molecular flexibility index (Phi) is 6.76. The fourth-order valence-corrected chi connectivity index (χ4v) is 3.28. The molecule has 0 aliphatic heterocycles. The maximum absolute atomic E-state index is 10.1. The molecule has 0 saturated heterocycles. The second-order valence-corrected chi connectivity index (χ2v) is 6.70. The van der Waals surface area contributed by atoms with E-state index in [1.54, 1.807) is 0 Å². The van der Waals surface area contributed by atoms with E-state index in [0.29, 0.717) is 12.1 Å². The summed E-state index contributed by atoms with van der Waals surface area (Å²) in [6, 6.07) is 28.3. The zero-order valence-electron chi connectivity index (χ0n) is 15.3. The molecule has 0 unspecified atom stereocenters. The van der Waals surface area contributed by atoms with Gasteiger partial charge in [-0.1, -0.05) is 90.5 Å². The third kappa shape index (κ3) is 5.52. The minimum Gasteiger partial charge on any atom is -0.395 e. The molecular formula is C24H24N2O. The zero-order valence-corrected chi connectivity index (χ0v) is 15.3. The first-order valence-corrected chi connectivity index (χ1v) is 9.17. The van der Waals surface area contributed by atoms with E-state index in [0.717, 1.165) is 18.7 Å². The van der Waals surface area contributed by atoms with Crippen LogP contribution in [0.15, 0.2) is 84.9 Å². The lowest BCUT2D eigenvalue weighted by Crippen LogP contribution is -2.38. The van der Waals surface area contributed by atoms with Crippen LogP contribution in [0.1, 0.15) is 16.7 Å². The lowest BCUT2D eigenvalue weighted by Gasteiger charge is -2.31. The molecule has 0 amide bonds. The maximum Gasteiger partial charge on any atom is 0.187 e. The van der Waals surface area contributed by atoms with Crippen molar-refractivity contribution >= 4 is 5.69 Å². The Balaban J connectivity index is 1.82. The molecule has 1 atom stereocenters. The van der Waals surface area contributed by atoms with Crippen molar-refractivity contribution in [2.75, 3.05) is 6.61 Å². The van der Waals surface area contributed by atoms with Crippen molar-refractivity contribution in [3.8, 4) is 0 Å². The quantitative estimate of drug-likeness (QED) is 0.585. The molecule has 136 valence electrons. The van der Waals surface area contributed by atoms with Gasteiger partial charge < -0.3 is 5.11 Å². The lowest BCUT2D eigenvalue weighted by molar-refractivity contribution is 0.109. The summed E-state index contributed by atoms with van der Waals surface area (Å²) in [5.41, 5.74) is 4.17. The Bertz CT molecular complexity index is 830. The average molecular weight is 356 g/mol. The average Bonchev–Trinajstić information content (AvgIpc) is 2.73. The van der Waals surface area contributed by atoms with Gasteiger partial charge in [0.1, 0.15) is 0 Å². The van der Waals surface area contributed by atoms with Crippen LogP contribution < -0.4 is 0 Å². The number of aliphatic hydroxyl groups is 1. The van der Waals surface area contributed by atoms with Crippen LogP contribution >= 0.6 is 0 Å². The Morgan fingerprint density at radius 2 is 1.33 bits per heavy atom. The van der Waals surface area contributed by atoms with E-state index in [1.165, 1.54) is 11.1 Å². The molecule has 3 aromatic rings. The predicted octanol–water partition coefficient (Wildman–Crippen LogP) is 4.84. The predicted molar refractivity (Wildman–Crippen MR) is 109 cm³/mol. The van der Waals surface area contributed by atoms with Crippen molar-refractivity contribution in [3.05, 3.63) is 113 Å². The van der Waals surface area contributed by atoms with E-state index in [1.807, 2.05) is 60.7 Å². The summed E-state index contributed by atoms with van der Waals surface area (Å²) in [5.74, 6) is 0. The summed E-state index contributed by atoms with van der Waals surface area (Å²) in [7, 11) is 0. The summed E-state index contributed by atoms with van der Waals surface area (Å²) in [5, 5.41) is 10.1. The van der Waals surface area contributed by atoms with Gasteiger partial charge in [-0.05, 0) is 17.5 Å². The number of aliphatic hydroxyl groups excluding tert-OH is 1. The SMILES string of the molecule is [C-]#[N+]c1cccc(C[C@H](CO)N(Cc2ccccc2)Cc2ccccc2)c1. The molecule has 0 spiro atoms. The number of nitrogens with zero attached hydrogens (tertiary/aromatic N) is 2. The zero-order chi connectivity index (χ0) is 18.9. The van der Waals surface area contributed by atoms with Gasteiger partial charge in [-0.3, -0.25) is 4.90 Å². The van der Waals surface area contributed by atoms with Crippen molar-refractivity contribution in [1.29, 1.82) is 0 Å². The normalized spacial score (nSPS) is 11.9. The van der Waals surface area contributed by atoms with Crippen LogP contribution in [0, 0.1) is 6.57 Å². The van der Waals surface area contributed by atoms with Crippen LogP contribution in [0.5, 0.6) is 0 Å². The van der Waals surface area contributed by atoms with Crippen molar-refractivity contribution < 1.29 is 5.11 Å². The smallest absolute Gasteiger partial charge is 0.187 e. The summed E-state index contributed by atoms with van der Waals surface area (Å²) in [6.45, 7) is 8.82. The van der Waals surface area contributed by atoms with Crippen LogP contribution in [0.2, 0.25) is 0 Å². The van der Waals surface area contributed by atoms with E-state index >= 15 is 0 Å². The Labute approximate surface area is 161 Å². The molecule has 0 bridgehead atoms. The van der Waals surface area contributed by atoms with Gasteiger partial charge in [0, 0.05) is 19.1 Å². The molecule has 3 heteroatoms. The standard InChI is InChI=1S/C24H24N2O/c1-25-23-14-8-13-22(15-23)16-24(19-27)26(17-20-9-4-2-5-10-20)18-21-11-6-3-7-12-21/h2-15,24,27H,16-19H2/t24-/m1/s1. The van der Waals surface area contributed by atoms with Crippen molar-refractivity contribution in [2.24, 2.45) is 0 Å². The van der Waals surface area contributed by atoms with E-state index < -0.39 is 0 Å². The molecule has 3 rings (SSSR count). The van der Waals surface area contributed by atoms with Crippen LogP contribution in [-0.4, -0.2) is 22.7 Å². The van der Waals surface area contributed by atoms with Crippen LogP contribution in [-0.2, 0) is 19.5 Å². The molecule has 0 fully saturated rings. The number of rotatable bonds is 8. The molecule has 0 aromatic heterocycles. The van der Waals surface area contributed by atoms with Gasteiger partial charge in [-0.2, -0.15) is 0 Å². The van der Waals surface area contributed by atoms with Gasteiger partial charge in [-0.15, -0.1) is 0 Å². The van der Waals surface area contributed by atoms with Crippen LogP contribution in [0.25, 0.3) is 4.85 Å².